The van der Waals surface area contributed by atoms with Crippen molar-refractivity contribution < 1.29 is 56.1 Å². The molecule has 0 saturated heterocycles. The molecule has 2 aliphatic rings. The average Bonchev–Trinajstić information content (AvgIpc) is 4.01. The summed E-state index contributed by atoms with van der Waals surface area (Å²) in [6, 6.07) is 2.25. The van der Waals surface area contributed by atoms with Gasteiger partial charge in [-0.1, -0.05) is 53.7 Å². The summed E-state index contributed by atoms with van der Waals surface area (Å²) in [6.45, 7) is 14.8. The normalized spacial score (nSPS) is 15.9. The van der Waals surface area contributed by atoms with E-state index in [1.54, 1.807) is 50.7 Å². The zero-order valence-electron chi connectivity index (χ0n) is 46.5. The number of carbonyl (C=O) groups is 5. The van der Waals surface area contributed by atoms with Crippen LogP contribution in [0.1, 0.15) is 102 Å². The number of aromatic nitrogens is 7. The number of rotatable bonds is 26. The van der Waals surface area contributed by atoms with Crippen LogP contribution in [0, 0.1) is 29.5 Å². The highest BCUT2D eigenvalue weighted by Crippen LogP contribution is 2.40. The van der Waals surface area contributed by atoms with Crippen molar-refractivity contribution in [3.8, 4) is 22.6 Å². The topological polar surface area (TPSA) is 333 Å². The van der Waals surface area contributed by atoms with Crippen molar-refractivity contribution in [2.75, 3.05) is 45.8 Å². The predicted molar refractivity (Wildman–Crippen MR) is 289 cm³/mol. The van der Waals surface area contributed by atoms with E-state index in [0.717, 1.165) is 6.26 Å². The fourth-order valence-corrected chi connectivity index (χ4v) is 9.99. The first-order valence-electron chi connectivity index (χ1n) is 26.4. The Hall–Kier alpha value is -7.13. The van der Waals surface area contributed by atoms with Crippen molar-refractivity contribution in [2.24, 2.45) is 22.5 Å². The Morgan fingerprint density at radius 2 is 1.65 bits per heavy atom. The molecule has 0 bridgehead atoms. The molecule has 0 aliphatic carbocycles. The SMILES string of the molecule is CC[C@@]1(O)C(=O)OCc2c1cc1n(c2=O)Cc2c-1nc1cc(F)c(C)cc1c2CNC(=O)CNC(=O)[C@H](CCCCN)NC(=O)[C@@H](NC(=O)COCC(C)(C)COCC(C)(C)Cn1cc(-c2cnc(S(C)(=O)=O)nc2)nn1)C(C)C. The predicted octanol–water partition coefficient (Wildman–Crippen LogP) is 2.25. The fraction of sp³-hybridized carbons (Fsp3) is 0.537. The molecule has 0 unspecified atom stereocenters. The van der Waals surface area contributed by atoms with E-state index in [1.165, 1.54) is 23.0 Å². The van der Waals surface area contributed by atoms with Gasteiger partial charge in [0.15, 0.2) is 5.60 Å². The number of esters is 1. The van der Waals surface area contributed by atoms with E-state index >= 15 is 4.39 Å². The molecule has 80 heavy (non-hydrogen) atoms. The minimum Gasteiger partial charge on any atom is -0.458 e. The summed E-state index contributed by atoms with van der Waals surface area (Å²) in [5, 5.41) is 30.9. The van der Waals surface area contributed by atoms with E-state index < -0.39 is 86.4 Å². The summed E-state index contributed by atoms with van der Waals surface area (Å²) >= 11 is 0. The Morgan fingerprint density at radius 3 is 2.33 bits per heavy atom. The molecule has 0 saturated carbocycles. The lowest BCUT2D eigenvalue weighted by Gasteiger charge is -2.31. The summed E-state index contributed by atoms with van der Waals surface area (Å²) in [6.07, 6.45) is 6.63. The Labute approximate surface area is 462 Å². The Kier molecular flexibility index (Phi) is 18.7. The number of aliphatic hydroxyl groups is 1. The van der Waals surface area contributed by atoms with E-state index in [1.807, 2.05) is 27.7 Å². The summed E-state index contributed by atoms with van der Waals surface area (Å²) in [5.41, 5.74) is 5.79. The second-order valence-electron chi connectivity index (χ2n) is 22.4. The summed E-state index contributed by atoms with van der Waals surface area (Å²) in [7, 11) is -3.55. The van der Waals surface area contributed by atoms with Gasteiger partial charge in [-0.2, -0.15) is 0 Å². The molecule has 3 atom stereocenters. The maximum atomic E-state index is 15.0. The highest BCUT2D eigenvalue weighted by Gasteiger charge is 2.46. The van der Waals surface area contributed by atoms with Crippen LogP contribution in [0.25, 0.3) is 33.5 Å². The highest BCUT2D eigenvalue weighted by atomic mass is 32.2. The van der Waals surface area contributed by atoms with Crippen LogP contribution in [0.5, 0.6) is 0 Å². The van der Waals surface area contributed by atoms with E-state index in [4.69, 9.17) is 24.9 Å². The number of aryl methyl sites for hydroxylation is 1. The number of halogens is 1. The van der Waals surface area contributed by atoms with Gasteiger partial charge < -0.3 is 50.9 Å². The number of amides is 4. The number of ether oxygens (including phenoxy) is 3. The molecule has 0 radical (unpaired) electrons. The van der Waals surface area contributed by atoms with Crippen LogP contribution in [0.15, 0.2) is 46.7 Å². The average molecular weight is 1130 g/mol. The van der Waals surface area contributed by atoms with Crippen LogP contribution < -0.4 is 32.6 Å². The summed E-state index contributed by atoms with van der Waals surface area (Å²) in [4.78, 5) is 93.6. The number of pyridine rings is 2. The van der Waals surface area contributed by atoms with Crippen molar-refractivity contribution in [3.63, 3.8) is 0 Å². The van der Waals surface area contributed by atoms with E-state index in [-0.39, 0.29) is 79.6 Å². The van der Waals surface area contributed by atoms with Gasteiger partial charge in [-0.05, 0) is 68.3 Å². The molecule has 7 rings (SSSR count). The summed E-state index contributed by atoms with van der Waals surface area (Å²) in [5.74, 6) is -4.23. The van der Waals surface area contributed by atoms with Gasteiger partial charge in [-0.15, -0.1) is 5.10 Å². The molecule has 5 aromatic rings. The number of nitrogens with two attached hydrogens (primary N) is 1. The number of unbranched alkanes of at least 4 members (excludes halogenated alkanes) is 1. The second-order valence-corrected chi connectivity index (χ2v) is 24.3. The third-order valence-corrected chi connectivity index (χ3v) is 14.8. The van der Waals surface area contributed by atoms with Gasteiger partial charge in [0.2, 0.25) is 38.6 Å². The minimum atomic E-state index is -3.55. The molecule has 4 amide bonds. The van der Waals surface area contributed by atoms with Crippen LogP contribution in [0.2, 0.25) is 0 Å². The molecule has 0 spiro atoms. The van der Waals surface area contributed by atoms with Crippen LogP contribution >= 0.6 is 0 Å². The molecule has 26 heteroatoms. The van der Waals surface area contributed by atoms with Gasteiger partial charge in [0.25, 0.3) is 5.56 Å². The monoisotopic (exact) mass is 1130 g/mol. The van der Waals surface area contributed by atoms with E-state index in [2.05, 4.69) is 41.5 Å². The third kappa shape index (κ3) is 14.1. The number of hydrogen-bond donors (Lipinski definition) is 6. The molecule has 2 aliphatic heterocycles. The van der Waals surface area contributed by atoms with E-state index in [0.29, 0.717) is 77.3 Å². The molecule has 7 N–H and O–H groups in total. The lowest BCUT2D eigenvalue weighted by atomic mass is 9.86. The summed E-state index contributed by atoms with van der Waals surface area (Å²) < 4.78 is 58.7. The maximum absolute atomic E-state index is 15.0. The largest absolute Gasteiger partial charge is 0.458 e. The van der Waals surface area contributed by atoms with Gasteiger partial charge in [0, 0.05) is 70.7 Å². The quantitative estimate of drug-likeness (QED) is 0.0258. The minimum absolute atomic E-state index is 0.0187. The molecule has 0 fully saturated rings. The number of benzene rings is 1. The van der Waals surface area contributed by atoms with Gasteiger partial charge in [0.05, 0.1) is 61.6 Å². The molecule has 4 aromatic heterocycles. The molecule has 1 aromatic carbocycles. The highest BCUT2D eigenvalue weighted by molar-refractivity contribution is 7.90. The van der Waals surface area contributed by atoms with Crippen molar-refractivity contribution in [1.29, 1.82) is 0 Å². The smallest absolute Gasteiger partial charge is 0.343 e. The number of fused-ring (bicyclic) bond motifs is 5. The first-order chi connectivity index (χ1) is 37.6. The molecular formula is C54H71FN12O12S. The zero-order chi connectivity index (χ0) is 58.5. The number of carbonyl (C=O) groups excluding carboxylic acids is 5. The Morgan fingerprint density at radius 1 is 0.950 bits per heavy atom. The molecular weight excluding hydrogens is 1060 g/mol. The second kappa shape index (κ2) is 24.7. The molecule has 24 nitrogen and oxygen atoms in total. The lowest BCUT2D eigenvalue weighted by Crippen LogP contribution is -2.56. The van der Waals surface area contributed by atoms with Crippen molar-refractivity contribution in [1.82, 2.24) is 55.8 Å². The van der Waals surface area contributed by atoms with Crippen molar-refractivity contribution in [2.45, 2.75) is 130 Å². The lowest BCUT2D eigenvalue weighted by molar-refractivity contribution is -0.172. The fourth-order valence-electron chi connectivity index (χ4n) is 9.50. The first-order valence-corrected chi connectivity index (χ1v) is 28.3. The van der Waals surface area contributed by atoms with Crippen molar-refractivity contribution >= 4 is 50.3 Å². The van der Waals surface area contributed by atoms with Gasteiger partial charge in [0.1, 0.15) is 36.8 Å². The van der Waals surface area contributed by atoms with E-state index in [9.17, 15) is 42.3 Å². The Balaban J connectivity index is 0.910. The Bertz CT molecular complexity index is 3350. The number of hydrogen-bond acceptors (Lipinski definition) is 18. The van der Waals surface area contributed by atoms with Crippen LogP contribution in [0.3, 0.4) is 0 Å². The number of cyclic esters (lactones) is 1. The zero-order valence-corrected chi connectivity index (χ0v) is 47.3. The number of sulfone groups is 1. The van der Waals surface area contributed by atoms with Crippen LogP contribution in [-0.2, 0) is 79.9 Å². The van der Waals surface area contributed by atoms with Crippen LogP contribution in [0.4, 0.5) is 4.39 Å². The van der Waals surface area contributed by atoms with Crippen molar-refractivity contribution in [3.05, 3.63) is 80.8 Å². The maximum Gasteiger partial charge on any atom is 0.343 e. The van der Waals surface area contributed by atoms with Gasteiger partial charge in [-0.3, -0.25) is 28.7 Å². The van der Waals surface area contributed by atoms with Gasteiger partial charge in [-0.25, -0.2) is 32.6 Å². The molecule has 432 valence electrons. The van der Waals surface area contributed by atoms with Gasteiger partial charge >= 0.3 is 5.97 Å². The van der Waals surface area contributed by atoms with Crippen LogP contribution in [-0.4, -0.2) is 135 Å². The third-order valence-electron chi connectivity index (χ3n) is 13.9. The standard InChI is InChI=1S/C54H71FN12O12S/c1-10-54(74)37-16-42-46-35(22-67(42)49(72)36(37)24-79-50(54)73)34(33-15-31(4)38(55)17-40(33)61-46)20-57-43(68)21-58-47(70)39(13-11-12-14-56)62-48(71)45(30(2)3)63-44(69)25-77-28-53(7,8)29-78-27-52(5,6)26-66-23-41(64-65-66)32-18-59-51(60-19-32)80(9,75)76/h15-19,23,30,39,45,74H,10-14,20-22,24-29,56H2,1-9H3,(H,57,68)(H,58,70)(H,62,71)(H,63,69)/t39-,45-,54-/m0/s1. The molecule has 6 heterocycles. The first kappa shape index (κ1) is 60.5. The number of nitrogens with one attached hydrogen (secondary N) is 4. The number of nitrogens with zero attached hydrogens (tertiary/aromatic N) is 7.